The van der Waals surface area contributed by atoms with Crippen molar-refractivity contribution in [3.8, 4) is 11.1 Å². The number of hydrogen-bond acceptors (Lipinski definition) is 4. The first-order valence-electron chi connectivity index (χ1n) is 8.01. The number of imide groups is 1. The van der Waals surface area contributed by atoms with Crippen LogP contribution in [-0.4, -0.2) is 22.8 Å². The molecule has 0 spiro atoms. The second-order valence-electron chi connectivity index (χ2n) is 5.77. The Morgan fingerprint density at radius 2 is 1.15 bits per heavy atom. The molecule has 1 aliphatic rings. The number of rotatable bonds is 3. The van der Waals surface area contributed by atoms with E-state index < -0.39 is 17.8 Å². The smallest absolute Gasteiger partial charge is 0.324 e. The van der Waals surface area contributed by atoms with E-state index in [0.29, 0.717) is 5.06 Å². The predicted octanol–water partition coefficient (Wildman–Crippen LogP) is 3.72. The maximum absolute atomic E-state index is 12.3. The van der Waals surface area contributed by atoms with E-state index >= 15 is 0 Å². The van der Waals surface area contributed by atoms with Crippen LogP contribution in [0.5, 0.6) is 0 Å². The number of nitrogens with zero attached hydrogens (tertiary/aromatic N) is 1. The minimum Gasteiger partial charge on any atom is -0.324 e. The monoisotopic (exact) mass is 343 g/mol. The molecule has 0 unspecified atom stereocenters. The largest absolute Gasteiger partial charge is 0.363 e. The number of hydroxylamine groups is 2. The molecule has 4 rings (SSSR count). The Bertz CT molecular complexity index is 975. The van der Waals surface area contributed by atoms with Crippen LogP contribution in [0.3, 0.4) is 0 Å². The van der Waals surface area contributed by atoms with Crippen LogP contribution in [0.2, 0.25) is 0 Å². The molecule has 1 aliphatic heterocycles. The minimum atomic E-state index is -0.765. The molecule has 0 aliphatic carbocycles. The van der Waals surface area contributed by atoms with E-state index in [4.69, 9.17) is 4.84 Å². The van der Waals surface area contributed by atoms with Crippen molar-refractivity contribution in [2.45, 2.75) is 0 Å². The predicted molar refractivity (Wildman–Crippen MR) is 94.2 cm³/mol. The quantitative estimate of drug-likeness (QED) is 0.680. The van der Waals surface area contributed by atoms with Crippen LogP contribution in [0.1, 0.15) is 31.1 Å². The lowest BCUT2D eigenvalue weighted by atomic mass is 10.0. The molecule has 5 heteroatoms. The lowest BCUT2D eigenvalue weighted by Crippen LogP contribution is -2.32. The second kappa shape index (κ2) is 6.29. The van der Waals surface area contributed by atoms with Crippen LogP contribution in [0.4, 0.5) is 0 Å². The van der Waals surface area contributed by atoms with E-state index in [9.17, 15) is 14.4 Å². The van der Waals surface area contributed by atoms with Gasteiger partial charge in [0.1, 0.15) is 0 Å². The molecular weight excluding hydrogens is 330 g/mol. The van der Waals surface area contributed by atoms with Crippen LogP contribution < -0.4 is 0 Å². The van der Waals surface area contributed by atoms with E-state index in [-0.39, 0.29) is 16.7 Å². The van der Waals surface area contributed by atoms with Crippen molar-refractivity contribution in [3.05, 3.63) is 95.6 Å². The highest BCUT2D eigenvalue weighted by Crippen LogP contribution is 2.24. The molecule has 0 radical (unpaired) electrons. The Morgan fingerprint density at radius 3 is 1.73 bits per heavy atom. The summed E-state index contributed by atoms with van der Waals surface area (Å²) >= 11 is 0. The van der Waals surface area contributed by atoms with Gasteiger partial charge < -0.3 is 4.84 Å². The zero-order chi connectivity index (χ0) is 18.1. The van der Waals surface area contributed by atoms with Crippen LogP contribution in [0, 0.1) is 0 Å². The molecule has 0 bridgehead atoms. The minimum absolute atomic E-state index is 0.227. The van der Waals surface area contributed by atoms with Crippen LogP contribution in [-0.2, 0) is 4.84 Å². The van der Waals surface area contributed by atoms with Crippen molar-refractivity contribution in [1.29, 1.82) is 0 Å². The molecular formula is C21H13NO4. The molecule has 2 amide bonds. The number of amides is 2. The number of benzene rings is 3. The summed E-state index contributed by atoms with van der Waals surface area (Å²) in [4.78, 5) is 41.8. The fraction of sp³-hybridized carbons (Fsp3) is 0. The van der Waals surface area contributed by atoms with Gasteiger partial charge in [-0.15, -0.1) is 0 Å². The molecule has 1 heterocycles. The molecule has 5 nitrogen and oxygen atoms in total. The Labute approximate surface area is 149 Å². The third kappa shape index (κ3) is 2.65. The molecule has 0 fully saturated rings. The average molecular weight is 343 g/mol. The summed E-state index contributed by atoms with van der Waals surface area (Å²) < 4.78 is 0. The highest BCUT2D eigenvalue weighted by Gasteiger charge is 2.38. The van der Waals surface area contributed by atoms with Gasteiger partial charge in [0.2, 0.25) is 0 Å². The van der Waals surface area contributed by atoms with Crippen molar-refractivity contribution in [3.63, 3.8) is 0 Å². The third-order valence-electron chi connectivity index (χ3n) is 4.16. The van der Waals surface area contributed by atoms with Gasteiger partial charge in [0.15, 0.2) is 0 Å². The third-order valence-corrected chi connectivity index (χ3v) is 4.16. The molecule has 0 N–H and O–H groups in total. The molecule has 126 valence electrons. The Hall–Kier alpha value is -3.73. The van der Waals surface area contributed by atoms with E-state index in [1.807, 2.05) is 30.3 Å². The zero-order valence-electron chi connectivity index (χ0n) is 13.6. The number of fused-ring (bicyclic) bond motifs is 1. The summed E-state index contributed by atoms with van der Waals surface area (Å²) in [5, 5.41) is 0.512. The fourth-order valence-electron chi connectivity index (χ4n) is 2.82. The van der Waals surface area contributed by atoms with Crippen molar-refractivity contribution >= 4 is 17.8 Å². The van der Waals surface area contributed by atoms with Gasteiger partial charge in [-0.3, -0.25) is 9.59 Å². The van der Waals surface area contributed by atoms with E-state index in [2.05, 4.69) is 0 Å². The van der Waals surface area contributed by atoms with Crippen LogP contribution >= 0.6 is 0 Å². The number of hydrogen-bond donors (Lipinski definition) is 0. The normalized spacial score (nSPS) is 12.8. The molecule has 0 saturated heterocycles. The number of carbonyl (C=O) groups is 3. The van der Waals surface area contributed by atoms with Gasteiger partial charge in [-0.05, 0) is 35.4 Å². The Kier molecular flexibility index (Phi) is 3.82. The molecule has 3 aromatic carbocycles. The fourth-order valence-corrected chi connectivity index (χ4v) is 2.82. The van der Waals surface area contributed by atoms with Gasteiger partial charge in [0, 0.05) is 0 Å². The molecule has 0 atom stereocenters. The Balaban J connectivity index is 1.53. The van der Waals surface area contributed by atoms with Crippen LogP contribution in [0.15, 0.2) is 78.9 Å². The van der Waals surface area contributed by atoms with Gasteiger partial charge in [-0.2, -0.15) is 0 Å². The van der Waals surface area contributed by atoms with E-state index in [1.165, 1.54) is 12.1 Å². The first-order valence-corrected chi connectivity index (χ1v) is 8.01. The van der Waals surface area contributed by atoms with Crippen molar-refractivity contribution in [2.75, 3.05) is 0 Å². The maximum Gasteiger partial charge on any atom is 0.363 e. The van der Waals surface area contributed by atoms with Crippen LogP contribution in [0.25, 0.3) is 11.1 Å². The first kappa shape index (κ1) is 15.8. The molecule has 0 saturated carbocycles. The number of carbonyl (C=O) groups excluding carboxylic acids is 3. The van der Waals surface area contributed by atoms with Gasteiger partial charge in [-0.1, -0.05) is 59.7 Å². The topological polar surface area (TPSA) is 63.7 Å². The maximum atomic E-state index is 12.3. The standard InChI is InChI=1S/C21H13NO4/c23-19-17-8-4-5-9-18(17)20(24)22(19)26-21(25)16-12-10-15(11-13-16)14-6-2-1-3-7-14/h1-13H. The lowest BCUT2D eigenvalue weighted by Gasteiger charge is -2.12. The second-order valence-corrected chi connectivity index (χ2v) is 5.77. The molecule has 3 aromatic rings. The highest BCUT2D eigenvalue weighted by molar-refractivity contribution is 6.21. The zero-order valence-corrected chi connectivity index (χ0v) is 13.6. The summed E-state index contributed by atoms with van der Waals surface area (Å²) in [5.41, 5.74) is 2.67. The van der Waals surface area contributed by atoms with E-state index in [1.54, 1.807) is 36.4 Å². The van der Waals surface area contributed by atoms with E-state index in [0.717, 1.165) is 11.1 Å². The summed E-state index contributed by atoms with van der Waals surface area (Å²) in [6.45, 7) is 0. The summed E-state index contributed by atoms with van der Waals surface area (Å²) in [6.07, 6.45) is 0. The van der Waals surface area contributed by atoms with Gasteiger partial charge >= 0.3 is 5.97 Å². The van der Waals surface area contributed by atoms with Gasteiger partial charge in [0.25, 0.3) is 11.8 Å². The highest BCUT2D eigenvalue weighted by atomic mass is 16.7. The molecule has 0 aromatic heterocycles. The lowest BCUT2D eigenvalue weighted by molar-refractivity contribution is -0.0584. The summed E-state index contributed by atoms with van der Waals surface area (Å²) in [5.74, 6) is -2.04. The van der Waals surface area contributed by atoms with Gasteiger partial charge in [0.05, 0.1) is 16.7 Å². The van der Waals surface area contributed by atoms with Crippen molar-refractivity contribution < 1.29 is 19.2 Å². The van der Waals surface area contributed by atoms with Gasteiger partial charge in [-0.25, -0.2) is 4.79 Å². The summed E-state index contributed by atoms with van der Waals surface area (Å²) in [6, 6.07) is 22.8. The Morgan fingerprint density at radius 1 is 0.654 bits per heavy atom. The molecule has 26 heavy (non-hydrogen) atoms. The first-order chi connectivity index (χ1) is 12.6. The summed E-state index contributed by atoms with van der Waals surface area (Å²) in [7, 11) is 0. The van der Waals surface area contributed by atoms with Crippen molar-refractivity contribution in [2.24, 2.45) is 0 Å². The average Bonchev–Trinajstić information content (AvgIpc) is 2.94. The SMILES string of the molecule is O=C(ON1C(=O)c2ccccc2C1=O)c1ccc(-c2ccccc2)cc1. The van der Waals surface area contributed by atoms with Crippen molar-refractivity contribution in [1.82, 2.24) is 5.06 Å².